The van der Waals surface area contributed by atoms with Crippen molar-refractivity contribution in [2.24, 2.45) is 0 Å². The summed E-state index contributed by atoms with van der Waals surface area (Å²) in [5, 5.41) is 6.86. The molecule has 5 nitrogen and oxygen atoms in total. The first kappa shape index (κ1) is 10.4. The molecule has 0 aromatic carbocycles. The van der Waals surface area contributed by atoms with Crippen molar-refractivity contribution in [2.75, 3.05) is 13.6 Å². The predicted molar refractivity (Wildman–Crippen MR) is 58.1 cm³/mol. The van der Waals surface area contributed by atoms with Crippen LogP contribution in [0.5, 0.6) is 0 Å². The number of nitrogens with zero attached hydrogens (tertiary/aromatic N) is 3. The van der Waals surface area contributed by atoms with Gasteiger partial charge >= 0.3 is 0 Å². The van der Waals surface area contributed by atoms with E-state index in [0.717, 1.165) is 25.2 Å². The molecule has 1 aliphatic heterocycles. The SMILES string of the molecule is CCc1n[nH]c(=S)n1C1CCN(C)C1=O. The van der Waals surface area contributed by atoms with Crippen molar-refractivity contribution in [3.8, 4) is 0 Å². The van der Waals surface area contributed by atoms with Gasteiger partial charge in [-0.3, -0.25) is 14.5 Å². The van der Waals surface area contributed by atoms with Crippen molar-refractivity contribution < 1.29 is 4.79 Å². The van der Waals surface area contributed by atoms with E-state index in [1.165, 1.54) is 0 Å². The molecule has 15 heavy (non-hydrogen) atoms. The first-order valence-electron chi connectivity index (χ1n) is 5.06. The first-order chi connectivity index (χ1) is 7.15. The fourth-order valence-corrected chi connectivity index (χ4v) is 2.23. The van der Waals surface area contributed by atoms with Crippen molar-refractivity contribution in [3.05, 3.63) is 10.6 Å². The molecule has 0 radical (unpaired) electrons. The lowest BCUT2D eigenvalue weighted by atomic mass is 10.2. The highest BCUT2D eigenvalue weighted by atomic mass is 32.1. The summed E-state index contributed by atoms with van der Waals surface area (Å²) in [7, 11) is 1.82. The summed E-state index contributed by atoms with van der Waals surface area (Å²) in [6.45, 7) is 2.80. The Morgan fingerprint density at radius 3 is 2.93 bits per heavy atom. The van der Waals surface area contributed by atoms with Crippen molar-refractivity contribution in [1.82, 2.24) is 19.7 Å². The topological polar surface area (TPSA) is 53.9 Å². The molecule has 2 heterocycles. The standard InChI is InChI=1S/C9H14N4OS/c1-3-7-10-11-9(15)13(7)6-4-5-12(2)8(6)14/h6H,3-5H2,1-2H3,(H,11,15). The number of hydrogen-bond acceptors (Lipinski definition) is 3. The normalized spacial score (nSPS) is 21.3. The van der Waals surface area contributed by atoms with E-state index in [-0.39, 0.29) is 11.9 Å². The number of likely N-dealkylation sites (tertiary alicyclic amines) is 1. The lowest BCUT2D eigenvalue weighted by Crippen LogP contribution is -2.25. The third kappa shape index (κ3) is 1.58. The van der Waals surface area contributed by atoms with Gasteiger partial charge < -0.3 is 4.90 Å². The van der Waals surface area contributed by atoms with Crippen LogP contribution < -0.4 is 0 Å². The van der Waals surface area contributed by atoms with Crippen LogP contribution in [0.3, 0.4) is 0 Å². The Kier molecular flexibility index (Phi) is 2.60. The zero-order valence-electron chi connectivity index (χ0n) is 8.86. The molecule has 2 rings (SSSR count). The third-order valence-corrected chi connectivity index (χ3v) is 3.09. The van der Waals surface area contributed by atoms with Gasteiger partial charge in [0.2, 0.25) is 5.91 Å². The van der Waals surface area contributed by atoms with Crippen molar-refractivity contribution in [1.29, 1.82) is 0 Å². The number of aromatic amines is 1. The molecule has 1 atom stereocenters. The van der Waals surface area contributed by atoms with Crippen LogP contribution >= 0.6 is 12.2 Å². The molecule has 1 aromatic rings. The maximum atomic E-state index is 11.8. The van der Waals surface area contributed by atoms with Gasteiger partial charge in [0.25, 0.3) is 0 Å². The zero-order chi connectivity index (χ0) is 11.0. The van der Waals surface area contributed by atoms with E-state index in [1.807, 2.05) is 18.5 Å². The summed E-state index contributed by atoms with van der Waals surface area (Å²) in [6.07, 6.45) is 1.59. The van der Waals surface area contributed by atoms with Gasteiger partial charge in [-0.15, -0.1) is 0 Å². The highest BCUT2D eigenvalue weighted by Crippen LogP contribution is 2.23. The highest BCUT2D eigenvalue weighted by Gasteiger charge is 2.32. The minimum absolute atomic E-state index is 0.127. The molecule has 1 amide bonds. The predicted octanol–water partition coefficient (Wildman–Crippen LogP) is 0.906. The van der Waals surface area contributed by atoms with Gasteiger partial charge in [-0.1, -0.05) is 6.92 Å². The lowest BCUT2D eigenvalue weighted by Gasteiger charge is -2.12. The van der Waals surface area contributed by atoms with Crippen molar-refractivity contribution in [2.45, 2.75) is 25.8 Å². The maximum absolute atomic E-state index is 11.8. The minimum Gasteiger partial charge on any atom is -0.344 e. The molecule has 1 fully saturated rings. The molecule has 1 unspecified atom stereocenters. The molecule has 0 aliphatic carbocycles. The van der Waals surface area contributed by atoms with E-state index in [9.17, 15) is 4.79 Å². The first-order valence-corrected chi connectivity index (χ1v) is 5.46. The number of amides is 1. The number of nitrogens with one attached hydrogen (secondary N) is 1. The van der Waals surface area contributed by atoms with Crippen LogP contribution in [0.4, 0.5) is 0 Å². The number of carbonyl (C=O) groups is 1. The zero-order valence-corrected chi connectivity index (χ0v) is 9.67. The molecule has 1 aromatic heterocycles. The number of aromatic nitrogens is 3. The number of likely N-dealkylation sites (N-methyl/N-ethyl adjacent to an activating group) is 1. The second-order valence-electron chi connectivity index (χ2n) is 3.73. The Morgan fingerprint density at radius 2 is 2.40 bits per heavy atom. The Labute approximate surface area is 93.1 Å². The third-order valence-electron chi connectivity index (χ3n) is 2.80. The van der Waals surface area contributed by atoms with E-state index in [1.54, 1.807) is 4.90 Å². The summed E-state index contributed by atoms with van der Waals surface area (Å²) in [5.41, 5.74) is 0. The van der Waals surface area contributed by atoms with E-state index < -0.39 is 0 Å². The van der Waals surface area contributed by atoms with E-state index in [4.69, 9.17) is 12.2 Å². The summed E-state index contributed by atoms with van der Waals surface area (Å²) >= 11 is 5.14. The molecular formula is C9H14N4OS. The molecule has 82 valence electrons. The Morgan fingerprint density at radius 1 is 1.67 bits per heavy atom. The van der Waals surface area contributed by atoms with Crippen LogP contribution in [-0.2, 0) is 11.2 Å². The summed E-state index contributed by atoms with van der Waals surface area (Å²) in [4.78, 5) is 13.6. The molecule has 1 saturated heterocycles. The van der Waals surface area contributed by atoms with Gasteiger partial charge in [-0.2, -0.15) is 5.10 Å². The van der Waals surface area contributed by atoms with E-state index >= 15 is 0 Å². The number of hydrogen-bond donors (Lipinski definition) is 1. The van der Waals surface area contributed by atoms with Crippen LogP contribution in [-0.4, -0.2) is 39.2 Å². The average molecular weight is 226 g/mol. The van der Waals surface area contributed by atoms with Gasteiger partial charge in [0.1, 0.15) is 11.9 Å². The van der Waals surface area contributed by atoms with Crippen LogP contribution in [0.15, 0.2) is 0 Å². The summed E-state index contributed by atoms with van der Waals surface area (Å²) < 4.78 is 2.39. The van der Waals surface area contributed by atoms with Crippen LogP contribution in [0.25, 0.3) is 0 Å². The minimum atomic E-state index is -0.156. The monoisotopic (exact) mass is 226 g/mol. The molecule has 1 N–H and O–H groups in total. The Balaban J connectivity index is 2.41. The van der Waals surface area contributed by atoms with Gasteiger partial charge in [0, 0.05) is 20.0 Å². The number of aryl methyl sites for hydroxylation is 1. The molecule has 6 heteroatoms. The summed E-state index contributed by atoms with van der Waals surface area (Å²) in [6, 6.07) is -0.156. The van der Waals surface area contributed by atoms with Crippen LogP contribution in [0.2, 0.25) is 0 Å². The molecular weight excluding hydrogens is 212 g/mol. The smallest absolute Gasteiger partial charge is 0.245 e. The Bertz CT molecular complexity index is 436. The molecule has 0 saturated carbocycles. The fourth-order valence-electron chi connectivity index (χ4n) is 1.95. The van der Waals surface area contributed by atoms with Crippen LogP contribution in [0, 0.1) is 4.77 Å². The summed E-state index contributed by atoms with van der Waals surface area (Å²) in [5.74, 6) is 0.982. The number of carbonyl (C=O) groups excluding carboxylic acids is 1. The van der Waals surface area contributed by atoms with E-state index in [0.29, 0.717) is 4.77 Å². The lowest BCUT2D eigenvalue weighted by molar-refractivity contribution is -0.129. The maximum Gasteiger partial charge on any atom is 0.245 e. The average Bonchev–Trinajstić information content (AvgIpc) is 2.73. The second kappa shape index (κ2) is 3.77. The second-order valence-corrected chi connectivity index (χ2v) is 4.12. The number of rotatable bonds is 2. The van der Waals surface area contributed by atoms with Crippen LogP contribution in [0.1, 0.15) is 25.2 Å². The van der Waals surface area contributed by atoms with Crippen molar-refractivity contribution in [3.63, 3.8) is 0 Å². The van der Waals surface area contributed by atoms with Gasteiger partial charge in [0.05, 0.1) is 0 Å². The largest absolute Gasteiger partial charge is 0.344 e. The molecule has 0 bridgehead atoms. The molecule has 0 spiro atoms. The van der Waals surface area contributed by atoms with Crippen molar-refractivity contribution >= 4 is 18.1 Å². The van der Waals surface area contributed by atoms with Gasteiger partial charge in [-0.05, 0) is 18.6 Å². The fraction of sp³-hybridized carbons (Fsp3) is 0.667. The van der Waals surface area contributed by atoms with E-state index in [2.05, 4.69) is 10.2 Å². The molecule has 1 aliphatic rings. The highest BCUT2D eigenvalue weighted by molar-refractivity contribution is 7.71. The van der Waals surface area contributed by atoms with Gasteiger partial charge in [-0.25, -0.2) is 0 Å². The number of H-pyrrole nitrogens is 1. The Hall–Kier alpha value is -1.17. The van der Waals surface area contributed by atoms with Gasteiger partial charge in [0.15, 0.2) is 4.77 Å². The quantitative estimate of drug-likeness (QED) is 0.762.